The number of hydrogen-bond acceptors (Lipinski definition) is 5. The number of carbonyl (C=O) groups is 1. The van der Waals surface area contributed by atoms with E-state index in [1.807, 2.05) is 54.8 Å². The van der Waals surface area contributed by atoms with E-state index >= 15 is 0 Å². The molecule has 0 saturated carbocycles. The molecule has 5 nitrogen and oxygen atoms in total. The van der Waals surface area contributed by atoms with Gasteiger partial charge in [0.15, 0.2) is 22.9 Å². The predicted octanol–water partition coefficient (Wildman–Crippen LogP) is 5.74. The second-order valence-electron chi connectivity index (χ2n) is 6.56. The molecule has 29 heavy (non-hydrogen) atoms. The quantitative estimate of drug-likeness (QED) is 0.293. The zero-order valence-corrected chi connectivity index (χ0v) is 19.2. The number of ketones is 1. The minimum absolute atomic E-state index is 0.0648. The minimum atomic E-state index is -0.244. The van der Waals surface area contributed by atoms with Gasteiger partial charge in [0.2, 0.25) is 0 Å². The fraction of sp³-hybridized carbons (Fsp3) is 0.318. The predicted molar refractivity (Wildman–Crippen MR) is 120 cm³/mol. The molecule has 152 valence electrons. The van der Waals surface area contributed by atoms with Gasteiger partial charge in [-0.15, -0.1) is 10.2 Å². The molecule has 0 aliphatic heterocycles. The second kappa shape index (κ2) is 10.1. The van der Waals surface area contributed by atoms with Crippen molar-refractivity contribution >= 4 is 33.5 Å². The van der Waals surface area contributed by atoms with Crippen molar-refractivity contribution in [3.05, 3.63) is 70.0 Å². The minimum Gasteiger partial charge on any atom is -0.483 e. The number of thioether (sulfide) groups is 1. The highest BCUT2D eigenvalue weighted by Crippen LogP contribution is 2.25. The number of carbonyl (C=O) groups excluding carboxylic acids is 1. The number of halogens is 1. The largest absolute Gasteiger partial charge is 0.483 e. The molecule has 1 unspecified atom stereocenters. The molecule has 0 N–H and O–H groups in total. The summed E-state index contributed by atoms with van der Waals surface area (Å²) < 4.78 is 9.02. The van der Waals surface area contributed by atoms with Gasteiger partial charge < -0.3 is 9.30 Å². The van der Waals surface area contributed by atoms with Gasteiger partial charge in [0.1, 0.15) is 5.75 Å². The standard InChI is InChI=1S/C22H24BrN3O2S/c1-4-16-6-12-19(13-7-16)28-15(3)21-24-25-22(26(21)5-2)29-14-20(27)17-8-10-18(23)11-9-17/h6-13,15H,4-5,14H2,1-3H3. The summed E-state index contributed by atoms with van der Waals surface area (Å²) >= 11 is 4.79. The third-order valence-electron chi connectivity index (χ3n) is 4.57. The van der Waals surface area contributed by atoms with E-state index in [2.05, 4.69) is 45.2 Å². The van der Waals surface area contributed by atoms with Crippen LogP contribution in [0.15, 0.2) is 58.2 Å². The summed E-state index contributed by atoms with van der Waals surface area (Å²) in [5.41, 5.74) is 1.96. The van der Waals surface area contributed by atoms with Gasteiger partial charge in [-0.1, -0.05) is 58.9 Å². The lowest BCUT2D eigenvalue weighted by atomic mass is 10.2. The SMILES string of the molecule is CCc1ccc(OC(C)c2nnc(SCC(=O)c3ccc(Br)cc3)n2CC)cc1. The van der Waals surface area contributed by atoms with E-state index in [4.69, 9.17) is 4.74 Å². The smallest absolute Gasteiger partial charge is 0.191 e. The zero-order valence-electron chi connectivity index (χ0n) is 16.8. The van der Waals surface area contributed by atoms with Crippen LogP contribution < -0.4 is 4.74 Å². The van der Waals surface area contributed by atoms with E-state index in [1.54, 1.807) is 0 Å². The first-order chi connectivity index (χ1) is 14.0. The van der Waals surface area contributed by atoms with Crippen LogP contribution in [0, 0.1) is 0 Å². The third-order valence-corrected chi connectivity index (χ3v) is 6.06. The van der Waals surface area contributed by atoms with Gasteiger partial charge in [0, 0.05) is 16.6 Å². The summed E-state index contributed by atoms with van der Waals surface area (Å²) in [4.78, 5) is 12.4. The first kappa shape index (κ1) is 21.6. The Morgan fingerprint density at radius 2 is 1.79 bits per heavy atom. The van der Waals surface area contributed by atoms with Crippen LogP contribution in [0.1, 0.15) is 48.6 Å². The van der Waals surface area contributed by atoms with E-state index in [9.17, 15) is 4.79 Å². The summed E-state index contributed by atoms with van der Waals surface area (Å²) in [6.45, 7) is 6.84. The van der Waals surface area contributed by atoms with Gasteiger partial charge in [0.05, 0.1) is 5.75 Å². The van der Waals surface area contributed by atoms with Crippen LogP contribution in [-0.2, 0) is 13.0 Å². The molecule has 0 bridgehead atoms. The number of nitrogens with zero attached hydrogens (tertiary/aromatic N) is 3. The number of aromatic nitrogens is 3. The lowest BCUT2D eigenvalue weighted by Crippen LogP contribution is -2.12. The Labute approximate surface area is 184 Å². The Kier molecular flexibility index (Phi) is 7.50. The Bertz CT molecular complexity index is 955. The zero-order chi connectivity index (χ0) is 20.8. The molecule has 1 aromatic heterocycles. The molecular weight excluding hydrogens is 450 g/mol. The molecule has 0 saturated heterocycles. The van der Waals surface area contributed by atoms with Crippen LogP contribution in [0.3, 0.4) is 0 Å². The number of hydrogen-bond donors (Lipinski definition) is 0. The molecule has 0 fully saturated rings. The van der Waals surface area contributed by atoms with Crippen LogP contribution in [-0.4, -0.2) is 26.3 Å². The maximum Gasteiger partial charge on any atom is 0.191 e. The molecule has 0 amide bonds. The van der Waals surface area contributed by atoms with Crippen LogP contribution in [0.25, 0.3) is 0 Å². The first-order valence-corrected chi connectivity index (χ1v) is 11.4. The fourth-order valence-electron chi connectivity index (χ4n) is 2.91. The maximum atomic E-state index is 12.4. The summed E-state index contributed by atoms with van der Waals surface area (Å²) in [5, 5.41) is 9.35. The van der Waals surface area contributed by atoms with Gasteiger partial charge >= 0.3 is 0 Å². The van der Waals surface area contributed by atoms with Crippen LogP contribution in [0.4, 0.5) is 0 Å². The molecule has 3 rings (SSSR count). The topological polar surface area (TPSA) is 57.0 Å². The van der Waals surface area contributed by atoms with E-state index in [1.165, 1.54) is 17.3 Å². The summed E-state index contributed by atoms with van der Waals surface area (Å²) in [6, 6.07) is 15.5. The Balaban J connectivity index is 1.67. The number of rotatable bonds is 9. The van der Waals surface area contributed by atoms with Crippen molar-refractivity contribution in [2.75, 3.05) is 5.75 Å². The molecule has 1 atom stereocenters. The Hall–Kier alpha value is -2.12. The van der Waals surface area contributed by atoms with Crippen molar-refractivity contribution in [2.24, 2.45) is 0 Å². The lowest BCUT2D eigenvalue weighted by molar-refractivity contribution is 0.102. The van der Waals surface area contributed by atoms with Crippen molar-refractivity contribution in [1.29, 1.82) is 0 Å². The van der Waals surface area contributed by atoms with E-state index in [-0.39, 0.29) is 11.9 Å². The van der Waals surface area contributed by atoms with E-state index in [0.717, 1.165) is 27.6 Å². The molecule has 7 heteroatoms. The van der Waals surface area contributed by atoms with Gasteiger partial charge in [-0.3, -0.25) is 4.79 Å². The average Bonchev–Trinajstić information content (AvgIpc) is 3.16. The molecule has 1 heterocycles. The Morgan fingerprint density at radius 3 is 2.41 bits per heavy atom. The average molecular weight is 474 g/mol. The summed E-state index contributed by atoms with van der Waals surface area (Å²) in [7, 11) is 0. The van der Waals surface area contributed by atoms with Gasteiger partial charge in [-0.05, 0) is 50.1 Å². The molecule has 0 radical (unpaired) electrons. The van der Waals surface area contributed by atoms with Crippen molar-refractivity contribution in [2.45, 2.75) is 45.0 Å². The second-order valence-corrected chi connectivity index (χ2v) is 8.42. The maximum absolute atomic E-state index is 12.4. The van der Waals surface area contributed by atoms with Crippen LogP contribution in [0.2, 0.25) is 0 Å². The number of aryl methyl sites for hydroxylation is 1. The molecule has 0 aliphatic carbocycles. The highest BCUT2D eigenvalue weighted by molar-refractivity contribution is 9.10. The molecule has 3 aromatic rings. The van der Waals surface area contributed by atoms with Gasteiger partial charge in [-0.2, -0.15) is 0 Å². The summed E-state index contributed by atoms with van der Waals surface area (Å²) in [6.07, 6.45) is 0.756. The van der Waals surface area contributed by atoms with E-state index in [0.29, 0.717) is 17.9 Å². The highest BCUT2D eigenvalue weighted by Gasteiger charge is 2.19. The third kappa shape index (κ3) is 5.48. The van der Waals surface area contributed by atoms with Crippen LogP contribution in [0.5, 0.6) is 5.75 Å². The van der Waals surface area contributed by atoms with Crippen LogP contribution >= 0.6 is 27.7 Å². The first-order valence-electron chi connectivity index (χ1n) is 9.62. The van der Waals surface area contributed by atoms with Gasteiger partial charge in [-0.25, -0.2) is 0 Å². The number of benzene rings is 2. The number of ether oxygens (including phenoxy) is 1. The van der Waals surface area contributed by atoms with Crippen molar-refractivity contribution in [3.8, 4) is 5.75 Å². The molecular formula is C22H24BrN3O2S. The monoisotopic (exact) mass is 473 g/mol. The van der Waals surface area contributed by atoms with E-state index < -0.39 is 0 Å². The highest BCUT2D eigenvalue weighted by atomic mass is 79.9. The summed E-state index contributed by atoms with van der Waals surface area (Å²) in [5.74, 6) is 1.94. The molecule has 2 aromatic carbocycles. The Morgan fingerprint density at radius 1 is 1.10 bits per heavy atom. The molecule has 0 aliphatic rings. The van der Waals surface area contributed by atoms with Gasteiger partial charge in [0.25, 0.3) is 0 Å². The van der Waals surface area contributed by atoms with Crippen molar-refractivity contribution in [1.82, 2.24) is 14.8 Å². The number of Topliss-reactive ketones (excluding diaryl/α,β-unsaturated/α-hetero) is 1. The normalized spacial score (nSPS) is 12.0. The lowest BCUT2D eigenvalue weighted by Gasteiger charge is -2.15. The van der Waals surface area contributed by atoms with Crippen molar-refractivity contribution < 1.29 is 9.53 Å². The molecule has 0 spiro atoms. The fourth-order valence-corrected chi connectivity index (χ4v) is 4.08. The van der Waals surface area contributed by atoms with Crippen molar-refractivity contribution in [3.63, 3.8) is 0 Å².